The van der Waals surface area contributed by atoms with E-state index in [4.69, 9.17) is 32.4 Å². The fraction of sp³-hybridized carbons (Fsp3) is 0.931. The summed E-state index contributed by atoms with van der Waals surface area (Å²) < 4.78 is 12.6. The summed E-state index contributed by atoms with van der Waals surface area (Å²) in [6.07, 6.45) is 3.78. The molecule has 0 bridgehead atoms. The van der Waals surface area contributed by atoms with Crippen molar-refractivity contribution in [2.45, 2.75) is 84.8 Å². The Kier molecular flexibility index (Phi) is 19.4. The lowest BCUT2D eigenvalue weighted by atomic mass is 10.1. The van der Waals surface area contributed by atoms with Crippen LogP contribution in [-0.4, -0.2) is 124 Å². The molecule has 12 heteroatoms. The number of carbonyl (C=O) groups is 2. The minimum Gasteiger partial charge on any atom is -0.444 e. The zero-order valence-electron chi connectivity index (χ0n) is 27.3. The molecule has 0 heterocycles. The molecule has 0 atom stereocenters. The van der Waals surface area contributed by atoms with Gasteiger partial charge in [-0.05, 0) is 67.7 Å². The molecule has 41 heavy (non-hydrogen) atoms. The lowest BCUT2D eigenvalue weighted by Gasteiger charge is -2.42. The van der Waals surface area contributed by atoms with E-state index >= 15 is 0 Å². The maximum absolute atomic E-state index is 12.3. The van der Waals surface area contributed by atoms with Gasteiger partial charge in [0.05, 0.1) is 65.4 Å². The zero-order chi connectivity index (χ0) is 31.4. The molecule has 12 nitrogen and oxygen atoms in total. The highest BCUT2D eigenvalue weighted by atomic mass is 16.6. The molecule has 0 aliphatic heterocycles. The summed E-state index contributed by atoms with van der Waals surface area (Å²) in [6.45, 7) is 21.8. The van der Waals surface area contributed by atoms with Crippen molar-refractivity contribution in [3.63, 3.8) is 0 Å². The lowest BCUT2D eigenvalue weighted by molar-refractivity contribution is -0.945. The summed E-state index contributed by atoms with van der Waals surface area (Å²) in [6, 6.07) is 0. The Morgan fingerprint density at radius 1 is 0.512 bits per heavy atom. The van der Waals surface area contributed by atoms with Crippen LogP contribution in [0.2, 0.25) is 0 Å². The Hall–Kier alpha value is -1.70. The van der Waals surface area contributed by atoms with Gasteiger partial charge in [0.1, 0.15) is 11.2 Å². The second kappa shape index (κ2) is 20.2. The predicted molar refractivity (Wildman–Crippen MR) is 167 cm³/mol. The van der Waals surface area contributed by atoms with Crippen LogP contribution in [0.25, 0.3) is 0 Å². The Labute approximate surface area is 250 Å². The molecular weight excluding hydrogens is 524 g/mol. The van der Waals surface area contributed by atoms with Gasteiger partial charge in [-0.1, -0.05) is 0 Å². The smallest absolute Gasteiger partial charge is 0.407 e. The van der Waals surface area contributed by atoms with Crippen LogP contribution >= 0.6 is 0 Å². The van der Waals surface area contributed by atoms with Gasteiger partial charge in [-0.2, -0.15) is 0 Å². The van der Waals surface area contributed by atoms with Gasteiger partial charge in [0, 0.05) is 32.1 Å². The molecule has 0 saturated heterocycles. The third-order valence-electron chi connectivity index (χ3n) is 7.12. The minimum atomic E-state index is -0.540. The first-order chi connectivity index (χ1) is 19.2. The summed E-state index contributed by atoms with van der Waals surface area (Å²) in [5.74, 6) is 0. The van der Waals surface area contributed by atoms with E-state index < -0.39 is 23.4 Å². The second-order valence-corrected chi connectivity index (χ2v) is 13.3. The third kappa shape index (κ3) is 19.9. The minimum absolute atomic E-state index is 0.398. The zero-order valence-corrected chi connectivity index (χ0v) is 27.3. The van der Waals surface area contributed by atoms with Crippen LogP contribution < -0.4 is 33.6 Å². The second-order valence-electron chi connectivity index (χ2n) is 13.3. The molecule has 0 saturated carbocycles. The highest BCUT2D eigenvalue weighted by Gasteiger charge is 2.31. The van der Waals surface area contributed by atoms with E-state index in [-0.39, 0.29) is 0 Å². The fourth-order valence-electron chi connectivity index (χ4n) is 5.21. The SMILES string of the molecule is CC(C)(C)OC(=O)NCC[N+](CCCN)(CCCN)CCC[N+](CCCN)(CCCN)CCNC(=O)OC(C)(C)C. The van der Waals surface area contributed by atoms with Crippen molar-refractivity contribution in [3.05, 3.63) is 0 Å². The highest BCUT2D eigenvalue weighted by Crippen LogP contribution is 2.17. The van der Waals surface area contributed by atoms with E-state index in [1.54, 1.807) is 0 Å². The molecule has 2 amide bonds. The Bertz CT molecular complexity index is 636. The van der Waals surface area contributed by atoms with Crippen LogP contribution in [0.4, 0.5) is 9.59 Å². The third-order valence-corrected chi connectivity index (χ3v) is 7.12. The van der Waals surface area contributed by atoms with Crippen molar-refractivity contribution in [1.82, 2.24) is 10.6 Å². The average Bonchev–Trinajstić information content (AvgIpc) is 2.86. The van der Waals surface area contributed by atoms with E-state index in [9.17, 15) is 9.59 Å². The number of ether oxygens (including phenoxy) is 2. The van der Waals surface area contributed by atoms with Crippen molar-refractivity contribution in [2.24, 2.45) is 22.9 Å². The van der Waals surface area contributed by atoms with Gasteiger partial charge in [-0.3, -0.25) is 0 Å². The Balaban J connectivity index is 5.62. The molecule has 10 N–H and O–H groups in total. The number of carbonyl (C=O) groups excluding carboxylic acids is 2. The van der Waals surface area contributed by atoms with Crippen LogP contribution in [0.3, 0.4) is 0 Å². The summed E-state index contributed by atoms with van der Waals surface area (Å²) in [5, 5.41) is 5.88. The maximum atomic E-state index is 12.3. The largest absolute Gasteiger partial charge is 0.444 e. The number of quaternary nitrogens is 2. The molecule has 0 fully saturated rings. The first kappa shape index (κ1) is 39.3. The van der Waals surface area contributed by atoms with Crippen molar-refractivity contribution < 1.29 is 28.0 Å². The van der Waals surface area contributed by atoms with Gasteiger partial charge in [0.2, 0.25) is 0 Å². The monoisotopic (exact) mass is 591 g/mol. The Morgan fingerprint density at radius 2 is 0.780 bits per heavy atom. The predicted octanol–water partition coefficient (Wildman–Crippen LogP) is 1.45. The molecule has 0 aromatic rings. The van der Waals surface area contributed by atoms with Crippen LogP contribution in [0, 0.1) is 0 Å². The molecule has 0 spiro atoms. The highest BCUT2D eigenvalue weighted by molar-refractivity contribution is 5.67. The number of nitrogens with two attached hydrogens (primary N) is 4. The van der Waals surface area contributed by atoms with Gasteiger partial charge < -0.3 is 52.0 Å². The van der Waals surface area contributed by atoms with Gasteiger partial charge >= 0.3 is 12.2 Å². The molecule has 0 radical (unpaired) electrons. The Morgan fingerprint density at radius 3 is 1.02 bits per heavy atom. The number of hydrogen-bond acceptors (Lipinski definition) is 8. The molecule has 0 aromatic heterocycles. The van der Waals surface area contributed by atoms with E-state index in [1.807, 2.05) is 41.5 Å². The van der Waals surface area contributed by atoms with Crippen LogP contribution in [-0.2, 0) is 9.47 Å². The molecular formula is C29H66N8O4+2. The molecule has 244 valence electrons. The molecule has 0 rings (SSSR count). The van der Waals surface area contributed by atoms with E-state index in [0.717, 1.165) is 93.4 Å². The van der Waals surface area contributed by atoms with Crippen molar-refractivity contribution in [2.75, 3.05) is 91.6 Å². The average molecular weight is 591 g/mol. The number of nitrogens with zero attached hydrogens (tertiary/aromatic N) is 2. The van der Waals surface area contributed by atoms with Gasteiger partial charge in [-0.15, -0.1) is 0 Å². The van der Waals surface area contributed by atoms with Crippen molar-refractivity contribution >= 4 is 12.2 Å². The fourth-order valence-corrected chi connectivity index (χ4v) is 5.21. The van der Waals surface area contributed by atoms with E-state index in [0.29, 0.717) is 39.3 Å². The van der Waals surface area contributed by atoms with Gasteiger partial charge in [0.25, 0.3) is 0 Å². The van der Waals surface area contributed by atoms with Crippen LogP contribution in [0.15, 0.2) is 0 Å². The summed E-state index contributed by atoms with van der Waals surface area (Å²) in [7, 11) is 0. The summed E-state index contributed by atoms with van der Waals surface area (Å²) in [5.41, 5.74) is 22.7. The normalized spacial score (nSPS) is 12.7. The first-order valence-electron chi connectivity index (χ1n) is 15.6. The quantitative estimate of drug-likeness (QED) is 0.102. The number of alkyl carbamates (subject to hydrolysis) is 2. The number of hydrogen-bond donors (Lipinski definition) is 6. The lowest BCUT2D eigenvalue weighted by Crippen LogP contribution is -2.58. The molecule has 0 unspecified atom stereocenters. The summed E-state index contributed by atoms with van der Waals surface area (Å²) >= 11 is 0. The maximum Gasteiger partial charge on any atom is 0.407 e. The first-order valence-corrected chi connectivity index (χ1v) is 15.6. The number of amides is 2. The molecule has 0 aromatic carbocycles. The standard InChI is InChI=1S/C29H64N8O4/c1-28(2,3)40-26(38)34-16-24-36(18-7-12-30,19-8-13-31)22-11-23-37(20-9-14-32,21-10-15-33)25-17-35-27(39)41-29(4,5)6/h7-25,30-33H2,1-6H3/p+2. The van der Waals surface area contributed by atoms with Crippen LogP contribution in [0.1, 0.15) is 73.6 Å². The summed E-state index contributed by atoms with van der Waals surface area (Å²) in [4.78, 5) is 24.6. The molecule has 0 aliphatic rings. The van der Waals surface area contributed by atoms with E-state index in [1.165, 1.54) is 0 Å². The van der Waals surface area contributed by atoms with Crippen molar-refractivity contribution in [3.8, 4) is 0 Å². The van der Waals surface area contributed by atoms with Gasteiger partial charge in [-0.25, -0.2) is 9.59 Å². The number of nitrogens with one attached hydrogen (secondary N) is 2. The van der Waals surface area contributed by atoms with Crippen molar-refractivity contribution in [1.29, 1.82) is 0 Å². The van der Waals surface area contributed by atoms with Gasteiger partial charge in [0.15, 0.2) is 0 Å². The van der Waals surface area contributed by atoms with E-state index in [2.05, 4.69) is 10.6 Å². The number of rotatable bonds is 22. The van der Waals surface area contributed by atoms with Crippen LogP contribution in [0.5, 0.6) is 0 Å². The molecule has 0 aliphatic carbocycles. The topological polar surface area (TPSA) is 181 Å².